The molecule has 0 aliphatic carbocycles. The monoisotopic (exact) mass is 263 g/mol. The zero-order valence-electron chi connectivity index (χ0n) is 10.2. The van der Waals surface area contributed by atoms with Crippen molar-refractivity contribution in [2.45, 2.75) is 19.4 Å². The highest BCUT2D eigenvalue weighted by atomic mass is 32.1. The molecule has 0 bridgehead atoms. The van der Waals surface area contributed by atoms with Gasteiger partial charge in [0.25, 0.3) is 0 Å². The lowest BCUT2D eigenvalue weighted by molar-refractivity contribution is 0.283. The fourth-order valence-electron chi connectivity index (χ4n) is 1.57. The van der Waals surface area contributed by atoms with E-state index in [-0.39, 0.29) is 6.61 Å². The summed E-state index contributed by atoms with van der Waals surface area (Å²) in [5, 5.41) is 15.0. The molecule has 0 saturated heterocycles. The van der Waals surface area contributed by atoms with Crippen LogP contribution < -0.4 is 5.32 Å². The third kappa shape index (κ3) is 3.87. The van der Waals surface area contributed by atoms with E-state index in [0.717, 1.165) is 42.3 Å². The van der Waals surface area contributed by atoms with E-state index in [0.29, 0.717) is 0 Å². The first-order valence-electron chi connectivity index (χ1n) is 6.07. The number of hydrogen-bond donors (Lipinski definition) is 2. The third-order valence-electron chi connectivity index (χ3n) is 2.50. The molecule has 0 aliphatic heterocycles. The van der Waals surface area contributed by atoms with Crippen LogP contribution in [-0.4, -0.2) is 28.2 Å². The average molecular weight is 263 g/mol. The predicted molar refractivity (Wildman–Crippen MR) is 73.4 cm³/mol. The van der Waals surface area contributed by atoms with Crippen LogP contribution in [0, 0.1) is 0 Å². The van der Waals surface area contributed by atoms with Crippen LogP contribution in [-0.2, 0) is 6.54 Å². The highest BCUT2D eigenvalue weighted by Crippen LogP contribution is 2.20. The van der Waals surface area contributed by atoms with E-state index in [9.17, 15) is 0 Å². The number of nitrogens with zero attached hydrogens (tertiary/aromatic N) is 2. The number of thiazole rings is 1. The Balaban J connectivity index is 1.83. The Morgan fingerprint density at radius 2 is 2.22 bits per heavy atom. The van der Waals surface area contributed by atoms with E-state index in [4.69, 9.17) is 5.11 Å². The fourth-order valence-corrected chi connectivity index (χ4v) is 2.37. The topological polar surface area (TPSA) is 58.0 Å². The SMILES string of the molecule is OCCCCNCc1csc(-c2ccccn2)n1. The van der Waals surface area contributed by atoms with Crippen LogP contribution in [0.3, 0.4) is 0 Å². The molecule has 2 aromatic rings. The van der Waals surface area contributed by atoms with Gasteiger partial charge in [-0.25, -0.2) is 4.98 Å². The van der Waals surface area contributed by atoms with Gasteiger partial charge in [0, 0.05) is 24.7 Å². The van der Waals surface area contributed by atoms with Crippen molar-refractivity contribution in [1.82, 2.24) is 15.3 Å². The van der Waals surface area contributed by atoms with Crippen molar-refractivity contribution in [3.05, 3.63) is 35.5 Å². The molecule has 0 saturated carbocycles. The molecule has 0 aliphatic rings. The van der Waals surface area contributed by atoms with E-state index >= 15 is 0 Å². The van der Waals surface area contributed by atoms with Gasteiger partial charge in [0.15, 0.2) is 0 Å². The molecule has 0 spiro atoms. The van der Waals surface area contributed by atoms with Crippen molar-refractivity contribution in [3.63, 3.8) is 0 Å². The first-order valence-corrected chi connectivity index (χ1v) is 6.95. The minimum Gasteiger partial charge on any atom is -0.396 e. The molecule has 2 heterocycles. The van der Waals surface area contributed by atoms with E-state index in [1.807, 2.05) is 18.2 Å². The van der Waals surface area contributed by atoms with Crippen molar-refractivity contribution >= 4 is 11.3 Å². The zero-order chi connectivity index (χ0) is 12.6. The second-order valence-corrected chi connectivity index (χ2v) is 4.82. The third-order valence-corrected chi connectivity index (χ3v) is 3.42. The quantitative estimate of drug-likeness (QED) is 0.751. The Bertz CT molecular complexity index is 458. The van der Waals surface area contributed by atoms with Crippen molar-refractivity contribution < 1.29 is 5.11 Å². The zero-order valence-corrected chi connectivity index (χ0v) is 11.0. The lowest BCUT2D eigenvalue weighted by Gasteiger charge is -2.00. The van der Waals surface area contributed by atoms with Gasteiger partial charge in [0.1, 0.15) is 5.01 Å². The summed E-state index contributed by atoms with van der Waals surface area (Å²) in [4.78, 5) is 8.83. The van der Waals surface area contributed by atoms with E-state index < -0.39 is 0 Å². The highest BCUT2D eigenvalue weighted by molar-refractivity contribution is 7.13. The Hall–Kier alpha value is -1.30. The summed E-state index contributed by atoms with van der Waals surface area (Å²) in [6, 6.07) is 5.84. The average Bonchev–Trinajstić information content (AvgIpc) is 2.88. The smallest absolute Gasteiger partial charge is 0.142 e. The summed E-state index contributed by atoms with van der Waals surface area (Å²) < 4.78 is 0. The van der Waals surface area contributed by atoms with Gasteiger partial charge in [0.2, 0.25) is 0 Å². The molecule has 0 aromatic carbocycles. The standard InChI is InChI=1S/C13H17N3OS/c17-8-4-3-6-14-9-11-10-18-13(16-11)12-5-1-2-7-15-12/h1-2,5,7,10,14,17H,3-4,6,8-9H2. The molecule has 96 valence electrons. The summed E-state index contributed by atoms with van der Waals surface area (Å²) in [6.07, 6.45) is 3.63. The molecule has 0 radical (unpaired) electrons. The van der Waals surface area contributed by atoms with Crippen LogP contribution in [0.4, 0.5) is 0 Å². The van der Waals surface area contributed by atoms with Crippen LogP contribution in [0.1, 0.15) is 18.5 Å². The molecular weight excluding hydrogens is 246 g/mol. The Morgan fingerprint density at radius 1 is 1.28 bits per heavy atom. The molecule has 2 rings (SSSR count). The van der Waals surface area contributed by atoms with E-state index in [2.05, 4.69) is 20.7 Å². The van der Waals surface area contributed by atoms with Crippen LogP contribution in [0.5, 0.6) is 0 Å². The summed E-state index contributed by atoms with van der Waals surface area (Å²) in [7, 11) is 0. The summed E-state index contributed by atoms with van der Waals surface area (Å²) >= 11 is 1.62. The summed E-state index contributed by atoms with van der Waals surface area (Å²) in [6.45, 7) is 1.95. The normalized spacial score (nSPS) is 10.7. The van der Waals surface area contributed by atoms with Crippen molar-refractivity contribution in [2.75, 3.05) is 13.2 Å². The molecule has 4 nitrogen and oxygen atoms in total. The Kier molecular flexibility index (Phi) is 5.26. The lowest BCUT2D eigenvalue weighted by Crippen LogP contribution is -2.15. The first-order chi connectivity index (χ1) is 8.90. The largest absolute Gasteiger partial charge is 0.396 e. The second-order valence-electron chi connectivity index (χ2n) is 3.97. The van der Waals surface area contributed by atoms with Gasteiger partial charge in [-0.05, 0) is 31.5 Å². The highest BCUT2D eigenvalue weighted by Gasteiger charge is 2.04. The minimum absolute atomic E-state index is 0.266. The molecule has 0 atom stereocenters. The Labute approximate surface area is 111 Å². The van der Waals surface area contributed by atoms with Gasteiger partial charge < -0.3 is 10.4 Å². The van der Waals surface area contributed by atoms with Crippen molar-refractivity contribution in [3.8, 4) is 10.7 Å². The van der Waals surface area contributed by atoms with Gasteiger partial charge in [-0.1, -0.05) is 6.07 Å². The first kappa shape index (κ1) is 13.1. The number of aromatic nitrogens is 2. The lowest BCUT2D eigenvalue weighted by atomic mass is 10.3. The fraction of sp³-hybridized carbons (Fsp3) is 0.385. The van der Waals surface area contributed by atoms with Crippen LogP contribution in [0.25, 0.3) is 10.7 Å². The van der Waals surface area contributed by atoms with Crippen LogP contribution in [0.2, 0.25) is 0 Å². The molecule has 2 N–H and O–H groups in total. The van der Waals surface area contributed by atoms with Gasteiger partial charge >= 0.3 is 0 Å². The maximum atomic E-state index is 8.67. The number of rotatable bonds is 7. The van der Waals surface area contributed by atoms with Crippen LogP contribution in [0.15, 0.2) is 29.8 Å². The Morgan fingerprint density at radius 3 is 3.00 bits per heavy atom. The van der Waals surface area contributed by atoms with Crippen LogP contribution >= 0.6 is 11.3 Å². The van der Waals surface area contributed by atoms with Gasteiger partial charge in [-0.3, -0.25) is 4.98 Å². The summed E-state index contributed by atoms with van der Waals surface area (Å²) in [5.74, 6) is 0. The van der Waals surface area contributed by atoms with Crippen molar-refractivity contribution in [1.29, 1.82) is 0 Å². The molecule has 2 aromatic heterocycles. The maximum absolute atomic E-state index is 8.67. The van der Waals surface area contributed by atoms with Gasteiger partial charge in [-0.15, -0.1) is 11.3 Å². The number of nitrogens with one attached hydrogen (secondary N) is 1. The second kappa shape index (κ2) is 7.20. The number of hydrogen-bond acceptors (Lipinski definition) is 5. The minimum atomic E-state index is 0.266. The van der Waals surface area contributed by atoms with E-state index in [1.165, 1.54) is 0 Å². The number of aliphatic hydroxyl groups excluding tert-OH is 1. The molecule has 18 heavy (non-hydrogen) atoms. The number of aliphatic hydroxyl groups is 1. The predicted octanol–water partition coefficient (Wildman–Crippen LogP) is 2.07. The molecular formula is C13H17N3OS. The van der Waals surface area contributed by atoms with Gasteiger partial charge in [-0.2, -0.15) is 0 Å². The molecule has 5 heteroatoms. The molecule has 0 unspecified atom stereocenters. The van der Waals surface area contributed by atoms with Crippen molar-refractivity contribution in [2.24, 2.45) is 0 Å². The number of unbranched alkanes of at least 4 members (excludes halogenated alkanes) is 1. The number of pyridine rings is 1. The maximum Gasteiger partial charge on any atom is 0.142 e. The van der Waals surface area contributed by atoms with E-state index in [1.54, 1.807) is 17.5 Å². The summed E-state index contributed by atoms with van der Waals surface area (Å²) in [5.41, 5.74) is 1.97. The van der Waals surface area contributed by atoms with Gasteiger partial charge in [0.05, 0.1) is 11.4 Å². The molecule has 0 amide bonds. The molecule has 0 fully saturated rings.